The standard InChI is InChI=1S/C29H21F6N3O2/c30-28(31,32)20-11-17(12-21(13-20)29(33,34)35)14-38(15-18-5-7-24(39)26-22(18)3-1-9-36-26)16-19-6-8-25(40)27-23(19)4-2-10-37-27/h1-13,39-40H,14-16H2. The summed E-state index contributed by atoms with van der Waals surface area (Å²) in [6.07, 6.45) is -6.95. The van der Waals surface area contributed by atoms with E-state index in [1.165, 1.54) is 24.5 Å². The molecule has 5 nitrogen and oxygen atoms in total. The van der Waals surface area contributed by atoms with E-state index in [-0.39, 0.29) is 42.8 Å². The van der Waals surface area contributed by atoms with E-state index in [0.29, 0.717) is 32.9 Å². The molecule has 5 aromatic rings. The van der Waals surface area contributed by atoms with Crippen molar-refractivity contribution in [2.24, 2.45) is 0 Å². The summed E-state index contributed by atoms with van der Waals surface area (Å²) in [6.45, 7) is -0.0658. The van der Waals surface area contributed by atoms with Gasteiger partial charge in [-0.25, -0.2) is 0 Å². The number of phenolic OH excluding ortho intramolecular Hbond substituents is 2. The number of pyridine rings is 2. The van der Waals surface area contributed by atoms with Gasteiger partial charge in [0.1, 0.15) is 22.5 Å². The molecule has 0 radical (unpaired) electrons. The van der Waals surface area contributed by atoms with Crippen LogP contribution in [0.5, 0.6) is 11.5 Å². The third-order valence-electron chi connectivity index (χ3n) is 6.52. The summed E-state index contributed by atoms with van der Waals surface area (Å²) in [6, 6.07) is 14.5. The van der Waals surface area contributed by atoms with Gasteiger partial charge in [-0.1, -0.05) is 24.3 Å². The summed E-state index contributed by atoms with van der Waals surface area (Å²) < 4.78 is 81.3. The summed E-state index contributed by atoms with van der Waals surface area (Å²) in [5, 5.41) is 21.7. The van der Waals surface area contributed by atoms with Crippen molar-refractivity contribution in [3.63, 3.8) is 0 Å². The van der Waals surface area contributed by atoms with Crippen molar-refractivity contribution in [1.29, 1.82) is 0 Å². The number of aromatic hydroxyl groups is 2. The first-order valence-electron chi connectivity index (χ1n) is 12.0. The van der Waals surface area contributed by atoms with Gasteiger partial charge >= 0.3 is 12.4 Å². The molecule has 5 rings (SSSR count). The molecule has 0 atom stereocenters. The molecule has 0 spiro atoms. The van der Waals surface area contributed by atoms with Crippen LogP contribution in [-0.2, 0) is 32.0 Å². The van der Waals surface area contributed by atoms with Gasteiger partial charge in [0.25, 0.3) is 0 Å². The summed E-state index contributed by atoms with van der Waals surface area (Å²) in [4.78, 5) is 10.1. The molecule has 0 aliphatic carbocycles. The number of nitrogens with zero attached hydrogens (tertiary/aromatic N) is 3. The Kier molecular flexibility index (Phi) is 7.01. The fraction of sp³-hybridized carbons (Fsp3) is 0.172. The highest BCUT2D eigenvalue weighted by Gasteiger charge is 2.37. The van der Waals surface area contributed by atoms with Crippen LogP contribution in [0.2, 0.25) is 0 Å². The number of fused-ring (bicyclic) bond motifs is 2. The van der Waals surface area contributed by atoms with E-state index >= 15 is 0 Å². The third-order valence-corrected chi connectivity index (χ3v) is 6.52. The molecule has 0 unspecified atom stereocenters. The average molecular weight is 557 g/mol. The molecule has 2 N–H and O–H groups in total. The smallest absolute Gasteiger partial charge is 0.416 e. The number of rotatable bonds is 6. The number of aromatic nitrogens is 2. The second kappa shape index (κ2) is 10.3. The van der Waals surface area contributed by atoms with Gasteiger partial charge in [0.05, 0.1) is 11.1 Å². The van der Waals surface area contributed by atoms with Gasteiger partial charge in [-0.2, -0.15) is 26.3 Å². The molecule has 0 aliphatic heterocycles. The third kappa shape index (κ3) is 5.64. The number of halogens is 6. The van der Waals surface area contributed by atoms with Crippen LogP contribution in [0.4, 0.5) is 26.3 Å². The highest BCUT2D eigenvalue weighted by atomic mass is 19.4. The number of hydrogen-bond donors (Lipinski definition) is 2. The molecule has 3 aromatic carbocycles. The van der Waals surface area contributed by atoms with Gasteiger partial charge < -0.3 is 10.2 Å². The van der Waals surface area contributed by atoms with Crippen molar-refractivity contribution in [3.8, 4) is 11.5 Å². The van der Waals surface area contributed by atoms with Gasteiger partial charge in [-0.15, -0.1) is 0 Å². The van der Waals surface area contributed by atoms with Crippen LogP contribution in [0, 0.1) is 0 Å². The van der Waals surface area contributed by atoms with Crippen molar-refractivity contribution in [2.75, 3.05) is 0 Å². The van der Waals surface area contributed by atoms with Crippen LogP contribution in [0.1, 0.15) is 27.8 Å². The van der Waals surface area contributed by atoms with Crippen LogP contribution in [0.25, 0.3) is 21.8 Å². The highest BCUT2D eigenvalue weighted by molar-refractivity contribution is 5.88. The fourth-order valence-corrected chi connectivity index (χ4v) is 4.73. The van der Waals surface area contributed by atoms with Crippen LogP contribution < -0.4 is 0 Å². The molecule has 0 saturated heterocycles. The molecule has 40 heavy (non-hydrogen) atoms. The molecule has 0 fully saturated rings. The second-order valence-electron chi connectivity index (χ2n) is 9.35. The molecule has 0 amide bonds. The van der Waals surface area contributed by atoms with Gasteiger partial charge in [-0.05, 0) is 59.2 Å². The molecule has 2 aromatic heterocycles. The monoisotopic (exact) mass is 557 g/mol. The van der Waals surface area contributed by atoms with Gasteiger partial charge in [-0.3, -0.25) is 14.9 Å². The van der Waals surface area contributed by atoms with E-state index in [9.17, 15) is 36.6 Å². The molecular weight excluding hydrogens is 536 g/mol. The predicted octanol–water partition coefficient (Wildman–Crippen LogP) is 7.43. The maximum Gasteiger partial charge on any atom is 0.416 e. The molecule has 2 heterocycles. The Morgan fingerprint density at radius 2 is 1.05 bits per heavy atom. The average Bonchev–Trinajstić information content (AvgIpc) is 2.91. The fourth-order valence-electron chi connectivity index (χ4n) is 4.73. The van der Waals surface area contributed by atoms with Gasteiger partial charge in [0.15, 0.2) is 0 Å². The van der Waals surface area contributed by atoms with Crippen molar-refractivity contribution >= 4 is 21.8 Å². The maximum atomic E-state index is 13.5. The first-order valence-corrected chi connectivity index (χ1v) is 12.0. The normalized spacial score (nSPS) is 12.5. The van der Waals surface area contributed by atoms with E-state index in [4.69, 9.17) is 0 Å². The first-order chi connectivity index (χ1) is 18.9. The molecule has 11 heteroatoms. The largest absolute Gasteiger partial charge is 0.506 e. The van der Waals surface area contributed by atoms with Crippen molar-refractivity contribution in [1.82, 2.24) is 14.9 Å². The Bertz CT molecular complexity index is 1580. The Morgan fingerprint density at radius 3 is 1.48 bits per heavy atom. The lowest BCUT2D eigenvalue weighted by Crippen LogP contribution is -2.23. The van der Waals surface area contributed by atoms with Gasteiger partial charge in [0, 0.05) is 42.8 Å². The Hall–Kier alpha value is -4.38. The summed E-state index contributed by atoms with van der Waals surface area (Å²) >= 11 is 0. The number of hydrogen-bond acceptors (Lipinski definition) is 5. The summed E-state index contributed by atoms with van der Waals surface area (Å²) in [7, 11) is 0. The highest BCUT2D eigenvalue weighted by Crippen LogP contribution is 2.37. The van der Waals surface area contributed by atoms with E-state index in [0.717, 1.165) is 12.1 Å². The summed E-state index contributed by atoms with van der Waals surface area (Å²) in [5.74, 6) is -0.122. The maximum absolute atomic E-state index is 13.5. The van der Waals surface area contributed by atoms with Crippen LogP contribution >= 0.6 is 0 Å². The summed E-state index contributed by atoms with van der Waals surface area (Å²) in [5.41, 5.74) is -1.01. The Balaban J connectivity index is 1.60. The quantitative estimate of drug-likeness (QED) is 0.213. The Morgan fingerprint density at radius 1 is 0.600 bits per heavy atom. The van der Waals surface area contributed by atoms with Crippen LogP contribution in [0.3, 0.4) is 0 Å². The van der Waals surface area contributed by atoms with E-state index in [2.05, 4.69) is 9.97 Å². The van der Waals surface area contributed by atoms with Crippen molar-refractivity contribution in [3.05, 3.63) is 107 Å². The molecule has 0 aliphatic rings. The molecule has 0 saturated carbocycles. The minimum Gasteiger partial charge on any atom is -0.506 e. The molecular formula is C29H21F6N3O2. The first kappa shape index (κ1) is 27.2. The minimum absolute atomic E-state index is 0.0609. The second-order valence-corrected chi connectivity index (χ2v) is 9.35. The van der Waals surface area contributed by atoms with E-state index in [1.54, 1.807) is 41.3 Å². The van der Waals surface area contributed by atoms with E-state index in [1.807, 2.05) is 0 Å². The van der Waals surface area contributed by atoms with E-state index < -0.39 is 23.5 Å². The zero-order valence-corrected chi connectivity index (χ0v) is 20.6. The SMILES string of the molecule is Oc1ccc(CN(Cc2cc(C(F)(F)F)cc(C(F)(F)F)c2)Cc2ccc(O)c3ncccc23)c2cccnc12. The topological polar surface area (TPSA) is 69.5 Å². The Labute approximate surface area is 224 Å². The van der Waals surface area contributed by atoms with Crippen LogP contribution in [0.15, 0.2) is 79.1 Å². The lowest BCUT2D eigenvalue weighted by molar-refractivity contribution is -0.143. The predicted molar refractivity (Wildman–Crippen MR) is 136 cm³/mol. The lowest BCUT2D eigenvalue weighted by Gasteiger charge is -2.25. The number of benzene rings is 3. The minimum atomic E-state index is -4.97. The molecule has 206 valence electrons. The zero-order valence-electron chi connectivity index (χ0n) is 20.6. The van der Waals surface area contributed by atoms with Gasteiger partial charge in [0.2, 0.25) is 0 Å². The number of phenols is 2. The number of alkyl halides is 6. The lowest BCUT2D eigenvalue weighted by atomic mass is 10.0. The molecule has 0 bridgehead atoms. The van der Waals surface area contributed by atoms with Crippen LogP contribution in [-0.4, -0.2) is 25.1 Å². The van der Waals surface area contributed by atoms with Crippen molar-refractivity contribution in [2.45, 2.75) is 32.0 Å². The zero-order chi connectivity index (χ0) is 28.7. The van der Waals surface area contributed by atoms with Crippen molar-refractivity contribution < 1.29 is 36.6 Å².